The summed E-state index contributed by atoms with van der Waals surface area (Å²) in [7, 11) is 1.36. The first kappa shape index (κ1) is 20.4. The summed E-state index contributed by atoms with van der Waals surface area (Å²) in [5.74, 6) is 0.543. The fourth-order valence-electron chi connectivity index (χ4n) is 2.14. The van der Waals surface area contributed by atoms with E-state index in [0.717, 1.165) is 14.8 Å². The molecule has 0 saturated carbocycles. The minimum atomic E-state index is -0.353. The monoisotopic (exact) mass is 431 g/mol. The lowest BCUT2D eigenvalue weighted by Crippen LogP contribution is -2.13. The fraction of sp³-hybridized carbons (Fsp3) is 0.158. The number of anilines is 1. The first-order chi connectivity index (χ1) is 13.6. The van der Waals surface area contributed by atoms with Crippen LogP contribution < -0.4 is 5.32 Å². The number of nitrogens with one attached hydrogen (secondary N) is 1. The van der Waals surface area contributed by atoms with E-state index >= 15 is 0 Å². The average molecular weight is 432 g/mol. The Bertz CT molecular complexity index is 930. The van der Waals surface area contributed by atoms with E-state index in [4.69, 9.17) is 0 Å². The highest BCUT2D eigenvalue weighted by Crippen LogP contribution is 2.28. The smallest absolute Gasteiger partial charge is 0.337 e. The van der Waals surface area contributed by atoms with Crippen molar-refractivity contribution in [2.45, 2.75) is 15.0 Å². The van der Waals surface area contributed by atoms with Gasteiger partial charge in [-0.1, -0.05) is 53.4 Å². The summed E-state index contributed by atoms with van der Waals surface area (Å²) in [6.45, 7) is 0. The zero-order valence-electron chi connectivity index (χ0n) is 15.0. The summed E-state index contributed by atoms with van der Waals surface area (Å²) in [4.78, 5) is 24.5. The van der Waals surface area contributed by atoms with E-state index in [1.54, 1.807) is 12.1 Å². The van der Waals surface area contributed by atoms with Crippen LogP contribution in [-0.2, 0) is 15.3 Å². The Morgan fingerprint density at radius 2 is 1.79 bits per heavy atom. The largest absolute Gasteiger partial charge is 0.465 e. The number of aromatic nitrogens is 2. The summed E-state index contributed by atoms with van der Waals surface area (Å²) < 4.78 is 5.45. The van der Waals surface area contributed by atoms with Gasteiger partial charge in [0.15, 0.2) is 4.34 Å². The van der Waals surface area contributed by atoms with Crippen LogP contribution in [0, 0.1) is 0 Å². The summed E-state index contributed by atoms with van der Waals surface area (Å²) >= 11 is 4.34. The molecule has 0 bridgehead atoms. The standard InChI is InChI=1S/C19H17N3O3S3/c1-25-17(24)14-9-7-13(8-10-14)11-27-19-22-21-18(28-19)20-16(23)12-26-15-5-3-2-4-6-15/h2-10H,11-12H2,1H3,(H,20,21,23). The predicted molar refractivity (Wildman–Crippen MR) is 113 cm³/mol. The Hall–Kier alpha value is -2.36. The van der Waals surface area contributed by atoms with Crippen molar-refractivity contribution in [2.24, 2.45) is 0 Å². The highest BCUT2D eigenvalue weighted by molar-refractivity contribution is 8.00. The molecule has 1 aromatic heterocycles. The van der Waals surface area contributed by atoms with Crippen molar-refractivity contribution >= 4 is 51.9 Å². The lowest BCUT2D eigenvalue weighted by molar-refractivity contribution is -0.113. The van der Waals surface area contributed by atoms with Crippen molar-refractivity contribution in [3.05, 3.63) is 65.7 Å². The second-order valence-electron chi connectivity index (χ2n) is 5.50. The third-order valence-corrected chi connectivity index (χ3v) is 6.56. The number of hydrogen-bond donors (Lipinski definition) is 1. The van der Waals surface area contributed by atoms with Gasteiger partial charge in [0.25, 0.3) is 0 Å². The van der Waals surface area contributed by atoms with Crippen LogP contribution in [0.4, 0.5) is 5.13 Å². The van der Waals surface area contributed by atoms with Crippen molar-refractivity contribution in [3.63, 3.8) is 0 Å². The zero-order valence-corrected chi connectivity index (χ0v) is 17.4. The molecule has 2 aromatic carbocycles. The van der Waals surface area contributed by atoms with Crippen molar-refractivity contribution in [3.8, 4) is 0 Å². The molecule has 0 spiro atoms. The number of ether oxygens (including phenoxy) is 1. The van der Waals surface area contributed by atoms with Crippen molar-refractivity contribution < 1.29 is 14.3 Å². The SMILES string of the molecule is COC(=O)c1ccc(CSc2nnc(NC(=O)CSc3ccccc3)s2)cc1. The zero-order chi connectivity index (χ0) is 19.8. The molecule has 0 fully saturated rings. The predicted octanol–water partition coefficient (Wildman–Crippen LogP) is 4.35. The number of benzene rings is 2. The molecule has 1 heterocycles. The Balaban J connectivity index is 1.46. The molecule has 144 valence electrons. The normalized spacial score (nSPS) is 10.5. The van der Waals surface area contributed by atoms with E-state index in [2.05, 4.69) is 20.3 Å². The van der Waals surface area contributed by atoms with E-state index < -0.39 is 0 Å². The van der Waals surface area contributed by atoms with Gasteiger partial charge >= 0.3 is 5.97 Å². The molecule has 0 saturated heterocycles. The van der Waals surface area contributed by atoms with E-state index in [-0.39, 0.29) is 11.9 Å². The van der Waals surface area contributed by atoms with Gasteiger partial charge in [-0.2, -0.15) is 0 Å². The molecular weight excluding hydrogens is 414 g/mol. The summed E-state index contributed by atoms with van der Waals surface area (Å²) in [5.41, 5.74) is 1.57. The van der Waals surface area contributed by atoms with Crippen LogP contribution in [0.3, 0.4) is 0 Å². The first-order valence-corrected chi connectivity index (χ1v) is 11.0. The number of nitrogens with zero attached hydrogens (tertiary/aromatic N) is 2. The average Bonchev–Trinajstić information content (AvgIpc) is 3.18. The van der Waals surface area contributed by atoms with Crippen LogP contribution in [0.2, 0.25) is 0 Å². The number of carbonyl (C=O) groups excluding carboxylic acids is 2. The highest BCUT2D eigenvalue weighted by Gasteiger charge is 2.10. The lowest BCUT2D eigenvalue weighted by Gasteiger charge is -2.02. The molecule has 0 aliphatic rings. The van der Waals surface area contributed by atoms with Gasteiger partial charge in [-0.3, -0.25) is 10.1 Å². The maximum absolute atomic E-state index is 12.0. The Morgan fingerprint density at radius 3 is 2.50 bits per heavy atom. The first-order valence-electron chi connectivity index (χ1n) is 8.25. The van der Waals surface area contributed by atoms with Gasteiger partial charge in [0, 0.05) is 10.6 Å². The van der Waals surface area contributed by atoms with E-state index in [0.29, 0.717) is 22.2 Å². The highest BCUT2D eigenvalue weighted by atomic mass is 32.2. The molecule has 9 heteroatoms. The third kappa shape index (κ3) is 6.08. The van der Waals surface area contributed by atoms with Crippen LogP contribution in [0.15, 0.2) is 63.8 Å². The molecule has 3 rings (SSSR count). The number of methoxy groups -OCH3 is 1. The van der Waals surface area contributed by atoms with Crippen LogP contribution in [0.5, 0.6) is 0 Å². The molecule has 0 aliphatic heterocycles. The van der Waals surface area contributed by atoms with Crippen LogP contribution in [0.25, 0.3) is 0 Å². The molecule has 0 unspecified atom stereocenters. The molecule has 1 N–H and O–H groups in total. The van der Waals surface area contributed by atoms with Crippen molar-refractivity contribution in [1.82, 2.24) is 10.2 Å². The lowest BCUT2D eigenvalue weighted by atomic mass is 10.1. The Kier molecular flexibility index (Phi) is 7.46. The molecule has 1 amide bonds. The van der Waals surface area contributed by atoms with E-state index in [1.807, 2.05) is 42.5 Å². The van der Waals surface area contributed by atoms with Gasteiger partial charge in [-0.25, -0.2) is 4.79 Å². The van der Waals surface area contributed by atoms with Crippen molar-refractivity contribution in [2.75, 3.05) is 18.2 Å². The number of rotatable bonds is 8. The topological polar surface area (TPSA) is 81.2 Å². The van der Waals surface area contributed by atoms with Gasteiger partial charge < -0.3 is 4.74 Å². The molecule has 0 atom stereocenters. The van der Waals surface area contributed by atoms with Crippen LogP contribution >= 0.6 is 34.9 Å². The second-order valence-corrected chi connectivity index (χ2v) is 8.75. The van der Waals surface area contributed by atoms with Gasteiger partial charge in [-0.05, 0) is 29.8 Å². The Morgan fingerprint density at radius 1 is 1.04 bits per heavy atom. The van der Waals surface area contributed by atoms with Gasteiger partial charge in [0.1, 0.15) is 0 Å². The van der Waals surface area contributed by atoms with E-state index in [9.17, 15) is 9.59 Å². The molecule has 0 radical (unpaired) electrons. The van der Waals surface area contributed by atoms with Gasteiger partial charge in [0.2, 0.25) is 11.0 Å². The van der Waals surface area contributed by atoms with Gasteiger partial charge in [-0.15, -0.1) is 22.0 Å². The number of carbonyl (C=O) groups is 2. The number of esters is 1. The maximum Gasteiger partial charge on any atom is 0.337 e. The number of hydrogen-bond acceptors (Lipinski definition) is 8. The number of thioether (sulfide) groups is 2. The molecule has 6 nitrogen and oxygen atoms in total. The summed E-state index contributed by atoms with van der Waals surface area (Å²) in [6.07, 6.45) is 0. The van der Waals surface area contributed by atoms with Crippen LogP contribution in [0.1, 0.15) is 15.9 Å². The molecular formula is C19H17N3O3S3. The summed E-state index contributed by atoms with van der Waals surface area (Å²) in [5, 5.41) is 11.4. The van der Waals surface area contributed by atoms with Crippen LogP contribution in [-0.4, -0.2) is 34.9 Å². The second kappa shape index (κ2) is 10.3. The summed E-state index contributed by atoms with van der Waals surface area (Å²) in [6, 6.07) is 17.0. The third-order valence-electron chi connectivity index (χ3n) is 3.50. The van der Waals surface area contributed by atoms with Gasteiger partial charge in [0.05, 0.1) is 18.4 Å². The van der Waals surface area contributed by atoms with E-state index in [1.165, 1.54) is 42.0 Å². The molecule has 3 aromatic rings. The molecule has 0 aliphatic carbocycles. The Labute approximate surface area is 175 Å². The number of amides is 1. The minimum Gasteiger partial charge on any atom is -0.465 e. The quantitative estimate of drug-likeness (QED) is 0.323. The molecule has 28 heavy (non-hydrogen) atoms. The minimum absolute atomic E-state index is 0.111. The van der Waals surface area contributed by atoms with Crippen molar-refractivity contribution in [1.29, 1.82) is 0 Å². The maximum atomic E-state index is 12.0. The fourth-order valence-corrected chi connectivity index (χ4v) is 4.58.